The molecule has 1 heterocycles. The van der Waals surface area contributed by atoms with Crippen LogP contribution in [0.15, 0.2) is 54.6 Å². The number of carbonyl (C=O) groups is 2. The molecule has 0 spiro atoms. The van der Waals surface area contributed by atoms with Crippen molar-refractivity contribution < 1.29 is 9.59 Å². The SMILES string of the molecule is CCCN(CC(=O)Nc1cc(C(C)(C)C)nn1-c1ccccc1Cl)C(=O)Nc1cccc(Cl)c1. The van der Waals surface area contributed by atoms with E-state index in [-0.39, 0.29) is 23.9 Å². The van der Waals surface area contributed by atoms with E-state index in [1.165, 1.54) is 4.90 Å². The van der Waals surface area contributed by atoms with Gasteiger partial charge in [0, 0.05) is 28.7 Å². The van der Waals surface area contributed by atoms with Crippen LogP contribution in [0.25, 0.3) is 5.69 Å². The van der Waals surface area contributed by atoms with E-state index in [1.807, 2.05) is 52.0 Å². The number of rotatable bonds is 7. The van der Waals surface area contributed by atoms with E-state index in [1.54, 1.807) is 35.0 Å². The molecule has 2 aromatic carbocycles. The highest BCUT2D eigenvalue weighted by molar-refractivity contribution is 6.32. The van der Waals surface area contributed by atoms with Crippen LogP contribution in [-0.2, 0) is 10.2 Å². The van der Waals surface area contributed by atoms with E-state index in [9.17, 15) is 9.59 Å². The van der Waals surface area contributed by atoms with Crippen molar-refractivity contribution in [1.82, 2.24) is 14.7 Å². The molecule has 3 amide bonds. The molecule has 3 aromatic rings. The van der Waals surface area contributed by atoms with Gasteiger partial charge in [0.2, 0.25) is 5.91 Å². The van der Waals surface area contributed by atoms with Crippen molar-refractivity contribution in [1.29, 1.82) is 0 Å². The van der Waals surface area contributed by atoms with Crippen molar-refractivity contribution in [3.63, 3.8) is 0 Å². The van der Waals surface area contributed by atoms with E-state index >= 15 is 0 Å². The third kappa shape index (κ3) is 6.52. The van der Waals surface area contributed by atoms with E-state index in [0.717, 1.165) is 5.69 Å². The second-order valence-electron chi connectivity index (χ2n) is 8.94. The van der Waals surface area contributed by atoms with Crippen LogP contribution in [-0.4, -0.2) is 39.7 Å². The maximum atomic E-state index is 13.0. The Balaban J connectivity index is 1.81. The molecule has 0 radical (unpaired) electrons. The van der Waals surface area contributed by atoms with Crippen LogP contribution in [0.3, 0.4) is 0 Å². The highest BCUT2D eigenvalue weighted by atomic mass is 35.5. The molecule has 0 aliphatic carbocycles. The molecule has 2 N–H and O–H groups in total. The number of carbonyl (C=O) groups excluding carboxylic acids is 2. The van der Waals surface area contributed by atoms with Crippen LogP contribution >= 0.6 is 23.2 Å². The maximum Gasteiger partial charge on any atom is 0.322 e. The monoisotopic (exact) mass is 501 g/mol. The average Bonchev–Trinajstić information content (AvgIpc) is 3.17. The first-order chi connectivity index (χ1) is 16.1. The number of halogens is 2. The summed E-state index contributed by atoms with van der Waals surface area (Å²) in [6.45, 7) is 8.36. The molecule has 0 bridgehead atoms. The first-order valence-corrected chi connectivity index (χ1v) is 11.8. The average molecular weight is 502 g/mol. The van der Waals surface area contributed by atoms with Gasteiger partial charge < -0.3 is 15.5 Å². The Hall–Kier alpha value is -3.03. The number of hydrogen-bond acceptors (Lipinski definition) is 3. The Kier molecular flexibility index (Phi) is 8.23. The van der Waals surface area contributed by atoms with E-state index in [4.69, 9.17) is 28.3 Å². The van der Waals surface area contributed by atoms with Crippen molar-refractivity contribution in [2.75, 3.05) is 23.7 Å². The standard InChI is InChI=1S/C25H29Cl2N5O2/c1-5-13-31(24(34)28-18-10-8-9-17(26)14-18)16-23(33)29-22-15-21(25(2,3)4)30-32(22)20-12-7-6-11-19(20)27/h6-12,14-15H,5,13,16H2,1-4H3,(H,28,34)(H,29,33). The predicted molar refractivity (Wildman–Crippen MR) is 138 cm³/mol. The summed E-state index contributed by atoms with van der Waals surface area (Å²) in [5.74, 6) is 0.137. The van der Waals surface area contributed by atoms with Crippen LogP contribution in [0.5, 0.6) is 0 Å². The van der Waals surface area contributed by atoms with Gasteiger partial charge in [-0.05, 0) is 36.8 Å². The minimum absolute atomic E-state index is 0.126. The fourth-order valence-electron chi connectivity index (χ4n) is 3.29. The molecule has 0 unspecified atom stereocenters. The number of hydrogen-bond donors (Lipinski definition) is 2. The minimum atomic E-state index is -0.380. The van der Waals surface area contributed by atoms with Crippen molar-refractivity contribution in [3.8, 4) is 5.69 Å². The van der Waals surface area contributed by atoms with Gasteiger partial charge in [0.15, 0.2) is 0 Å². The molecule has 0 saturated heterocycles. The molecule has 3 rings (SSSR count). The van der Waals surface area contributed by atoms with Gasteiger partial charge in [-0.1, -0.05) is 69.1 Å². The zero-order valence-electron chi connectivity index (χ0n) is 19.7. The van der Waals surface area contributed by atoms with Gasteiger partial charge in [0.05, 0.1) is 16.4 Å². The summed E-state index contributed by atoms with van der Waals surface area (Å²) < 4.78 is 1.62. The van der Waals surface area contributed by atoms with Crippen molar-refractivity contribution in [3.05, 3.63) is 70.3 Å². The molecule has 0 atom stereocenters. The van der Waals surface area contributed by atoms with Gasteiger partial charge in [-0.3, -0.25) is 4.79 Å². The Bertz CT molecular complexity index is 1170. The third-order valence-electron chi connectivity index (χ3n) is 5.02. The zero-order chi connectivity index (χ0) is 24.9. The highest BCUT2D eigenvalue weighted by Gasteiger charge is 2.23. The van der Waals surface area contributed by atoms with Crippen LogP contribution in [0.4, 0.5) is 16.3 Å². The summed E-state index contributed by atoms with van der Waals surface area (Å²) in [6.07, 6.45) is 0.696. The molecule has 0 saturated carbocycles. The van der Waals surface area contributed by atoms with Gasteiger partial charge in [0.1, 0.15) is 12.4 Å². The molecule has 0 fully saturated rings. The van der Waals surface area contributed by atoms with Crippen LogP contribution in [0.2, 0.25) is 10.0 Å². The van der Waals surface area contributed by atoms with E-state index < -0.39 is 0 Å². The van der Waals surface area contributed by atoms with Gasteiger partial charge >= 0.3 is 6.03 Å². The number of anilines is 2. The van der Waals surface area contributed by atoms with E-state index in [0.29, 0.717) is 40.2 Å². The lowest BCUT2D eigenvalue weighted by atomic mass is 9.92. The fraction of sp³-hybridized carbons (Fsp3) is 0.320. The number of benzene rings is 2. The molecule has 0 aliphatic heterocycles. The topological polar surface area (TPSA) is 79.3 Å². The fourth-order valence-corrected chi connectivity index (χ4v) is 3.70. The van der Waals surface area contributed by atoms with Gasteiger partial charge in [-0.25, -0.2) is 9.48 Å². The van der Waals surface area contributed by atoms with Crippen LogP contribution < -0.4 is 10.6 Å². The molecule has 34 heavy (non-hydrogen) atoms. The lowest BCUT2D eigenvalue weighted by Crippen LogP contribution is -2.41. The number of para-hydroxylation sites is 1. The third-order valence-corrected chi connectivity index (χ3v) is 5.57. The van der Waals surface area contributed by atoms with Gasteiger partial charge in [0.25, 0.3) is 0 Å². The maximum absolute atomic E-state index is 13.0. The Morgan fingerprint density at radius 2 is 1.76 bits per heavy atom. The molecular weight excluding hydrogens is 473 g/mol. The molecule has 180 valence electrons. The van der Waals surface area contributed by atoms with Crippen molar-refractivity contribution >= 4 is 46.6 Å². The first-order valence-electron chi connectivity index (χ1n) is 11.0. The quantitative estimate of drug-likeness (QED) is 0.395. The smallest absolute Gasteiger partial charge is 0.315 e. The number of nitrogens with one attached hydrogen (secondary N) is 2. The molecule has 1 aromatic heterocycles. The van der Waals surface area contributed by atoms with Crippen LogP contribution in [0.1, 0.15) is 39.8 Å². The predicted octanol–water partition coefficient (Wildman–Crippen LogP) is 6.36. The summed E-state index contributed by atoms with van der Waals surface area (Å²) >= 11 is 12.4. The largest absolute Gasteiger partial charge is 0.322 e. The van der Waals surface area contributed by atoms with Crippen LogP contribution in [0, 0.1) is 0 Å². The molecule has 7 nitrogen and oxygen atoms in total. The van der Waals surface area contributed by atoms with Gasteiger partial charge in [-0.15, -0.1) is 0 Å². The first kappa shape index (κ1) is 25.6. The normalized spacial score (nSPS) is 11.2. The number of nitrogens with zero attached hydrogens (tertiary/aromatic N) is 3. The summed E-state index contributed by atoms with van der Waals surface area (Å²) in [4.78, 5) is 27.3. The molecule has 9 heteroatoms. The Labute approximate surface area is 210 Å². The number of urea groups is 1. The highest BCUT2D eigenvalue weighted by Crippen LogP contribution is 2.29. The summed E-state index contributed by atoms with van der Waals surface area (Å²) in [5, 5.41) is 11.4. The number of aromatic nitrogens is 2. The second-order valence-corrected chi connectivity index (χ2v) is 9.78. The second kappa shape index (κ2) is 10.9. The van der Waals surface area contributed by atoms with Crippen molar-refractivity contribution in [2.24, 2.45) is 0 Å². The summed E-state index contributed by atoms with van der Waals surface area (Å²) in [6, 6.07) is 15.6. The Morgan fingerprint density at radius 3 is 2.41 bits per heavy atom. The lowest BCUT2D eigenvalue weighted by Gasteiger charge is -2.22. The minimum Gasteiger partial charge on any atom is -0.315 e. The van der Waals surface area contributed by atoms with Gasteiger partial charge in [-0.2, -0.15) is 5.10 Å². The molecular formula is C25H29Cl2N5O2. The Morgan fingerprint density at radius 1 is 1.03 bits per heavy atom. The summed E-state index contributed by atoms with van der Waals surface area (Å²) in [5.41, 5.74) is 1.77. The number of amides is 3. The van der Waals surface area contributed by atoms with E-state index in [2.05, 4.69) is 10.6 Å². The lowest BCUT2D eigenvalue weighted by molar-refractivity contribution is -0.116. The zero-order valence-corrected chi connectivity index (χ0v) is 21.2. The summed E-state index contributed by atoms with van der Waals surface area (Å²) in [7, 11) is 0. The van der Waals surface area contributed by atoms with Crippen molar-refractivity contribution in [2.45, 2.75) is 39.5 Å². The molecule has 0 aliphatic rings.